The van der Waals surface area contributed by atoms with Crippen LogP contribution in [0.2, 0.25) is 0 Å². The standard InChI is InChI=1S/C14H20BrFN2.ClH/c1-2-3-14(18-8-6-17-7-9-18)12-10-11(16)4-5-13(12)15;/h4-5,10,14,17H,2-3,6-9H2,1H3;1H/t14-;/m1./s1. The Morgan fingerprint density at radius 3 is 2.68 bits per heavy atom. The Hall–Kier alpha value is -0.160. The van der Waals surface area contributed by atoms with Crippen LogP contribution >= 0.6 is 28.3 Å². The van der Waals surface area contributed by atoms with Crippen molar-refractivity contribution in [3.8, 4) is 0 Å². The van der Waals surface area contributed by atoms with E-state index >= 15 is 0 Å². The van der Waals surface area contributed by atoms with E-state index in [1.54, 1.807) is 6.07 Å². The van der Waals surface area contributed by atoms with Crippen molar-refractivity contribution in [3.05, 3.63) is 34.1 Å². The van der Waals surface area contributed by atoms with E-state index in [1.807, 2.05) is 6.07 Å². The second-order valence-corrected chi connectivity index (χ2v) is 5.61. The normalized spacial score (nSPS) is 17.8. The first-order chi connectivity index (χ1) is 8.72. The number of benzene rings is 1. The van der Waals surface area contributed by atoms with E-state index in [0.717, 1.165) is 49.1 Å². The molecule has 0 unspecified atom stereocenters. The molecule has 0 radical (unpaired) electrons. The van der Waals surface area contributed by atoms with Crippen molar-refractivity contribution in [2.45, 2.75) is 25.8 Å². The lowest BCUT2D eigenvalue weighted by atomic mass is 10.00. The van der Waals surface area contributed by atoms with Crippen LogP contribution in [0.15, 0.2) is 22.7 Å². The Balaban J connectivity index is 0.00000180. The van der Waals surface area contributed by atoms with Gasteiger partial charge in [-0.3, -0.25) is 4.90 Å². The SMILES string of the molecule is CCC[C@H](c1cc(F)ccc1Br)N1CCNCC1.Cl. The maximum absolute atomic E-state index is 13.5. The van der Waals surface area contributed by atoms with E-state index in [9.17, 15) is 4.39 Å². The molecule has 5 heteroatoms. The summed E-state index contributed by atoms with van der Waals surface area (Å²) in [4.78, 5) is 2.46. The fourth-order valence-electron chi connectivity index (χ4n) is 2.57. The van der Waals surface area contributed by atoms with Gasteiger partial charge in [0, 0.05) is 36.7 Å². The van der Waals surface area contributed by atoms with E-state index < -0.39 is 0 Å². The van der Waals surface area contributed by atoms with Gasteiger partial charge in [-0.25, -0.2) is 4.39 Å². The molecule has 1 heterocycles. The third kappa shape index (κ3) is 4.42. The summed E-state index contributed by atoms with van der Waals surface area (Å²) in [7, 11) is 0. The van der Waals surface area contributed by atoms with Crippen LogP contribution < -0.4 is 5.32 Å². The largest absolute Gasteiger partial charge is 0.314 e. The Morgan fingerprint density at radius 1 is 1.37 bits per heavy atom. The number of nitrogens with zero attached hydrogens (tertiary/aromatic N) is 1. The molecular weight excluding hydrogens is 331 g/mol. The highest BCUT2D eigenvalue weighted by molar-refractivity contribution is 9.10. The summed E-state index contributed by atoms with van der Waals surface area (Å²) in [6.45, 7) is 6.30. The van der Waals surface area contributed by atoms with Gasteiger partial charge in [0.2, 0.25) is 0 Å². The van der Waals surface area contributed by atoms with E-state index in [2.05, 4.69) is 33.1 Å². The second-order valence-electron chi connectivity index (χ2n) is 4.76. The zero-order valence-electron chi connectivity index (χ0n) is 11.2. The van der Waals surface area contributed by atoms with Crippen LogP contribution in [0.25, 0.3) is 0 Å². The summed E-state index contributed by atoms with van der Waals surface area (Å²) < 4.78 is 14.5. The number of nitrogens with one attached hydrogen (secondary N) is 1. The molecule has 2 nitrogen and oxygen atoms in total. The molecule has 1 N–H and O–H groups in total. The Labute approximate surface area is 129 Å². The summed E-state index contributed by atoms with van der Waals surface area (Å²) in [5.74, 6) is -0.149. The molecule has 1 fully saturated rings. The van der Waals surface area contributed by atoms with Crippen LogP contribution in [0.3, 0.4) is 0 Å². The maximum Gasteiger partial charge on any atom is 0.123 e. The van der Waals surface area contributed by atoms with Gasteiger partial charge in [0.1, 0.15) is 5.82 Å². The van der Waals surface area contributed by atoms with Gasteiger partial charge in [0.15, 0.2) is 0 Å². The van der Waals surface area contributed by atoms with Gasteiger partial charge in [0.25, 0.3) is 0 Å². The molecular formula is C14H21BrClFN2. The molecule has 1 saturated heterocycles. The van der Waals surface area contributed by atoms with Crippen LogP contribution in [0, 0.1) is 5.82 Å². The zero-order valence-corrected chi connectivity index (χ0v) is 13.6. The second kappa shape index (κ2) is 8.20. The number of hydrogen-bond donors (Lipinski definition) is 1. The molecule has 0 amide bonds. The molecule has 1 atom stereocenters. The molecule has 1 aromatic rings. The lowest BCUT2D eigenvalue weighted by Gasteiger charge is -2.35. The lowest BCUT2D eigenvalue weighted by molar-refractivity contribution is 0.164. The first-order valence-electron chi connectivity index (χ1n) is 6.62. The molecule has 0 aromatic heterocycles. The van der Waals surface area contributed by atoms with E-state index in [4.69, 9.17) is 0 Å². The first-order valence-corrected chi connectivity index (χ1v) is 7.41. The van der Waals surface area contributed by atoms with Gasteiger partial charge < -0.3 is 5.32 Å². The minimum absolute atomic E-state index is 0. The van der Waals surface area contributed by atoms with Crippen LogP contribution in [-0.4, -0.2) is 31.1 Å². The Kier molecular flexibility index (Phi) is 7.29. The highest BCUT2D eigenvalue weighted by atomic mass is 79.9. The molecule has 108 valence electrons. The molecule has 1 aliphatic rings. The fraction of sp³-hybridized carbons (Fsp3) is 0.571. The van der Waals surface area contributed by atoms with Gasteiger partial charge >= 0.3 is 0 Å². The highest BCUT2D eigenvalue weighted by Gasteiger charge is 2.23. The lowest BCUT2D eigenvalue weighted by Crippen LogP contribution is -2.45. The fourth-order valence-corrected chi connectivity index (χ4v) is 3.08. The summed E-state index contributed by atoms with van der Waals surface area (Å²) >= 11 is 3.56. The molecule has 2 rings (SSSR count). The number of halogens is 3. The van der Waals surface area contributed by atoms with Gasteiger partial charge in [-0.15, -0.1) is 12.4 Å². The average Bonchev–Trinajstić information content (AvgIpc) is 2.40. The molecule has 19 heavy (non-hydrogen) atoms. The van der Waals surface area contributed by atoms with Crippen molar-refractivity contribution in [2.75, 3.05) is 26.2 Å². The monoisotopic (exact) mass is 350 g/mol. The van der Waals surface area contributed by atoms with Crippen LogP contribution in [0.4, 0.5) is 4.39 Å². The van der Waals surface area contributed by atoms with Crippen LogP contribution in [-0.2, 0) is 0 Å². The van der Waals surface area contributed by atoms with Crippen LogP contribution in [0.5, 0.6) is 0 Å². The van der Waals surface area contributed by atoms with Crippen LogP contribution in [0.1, 0.15) is 31.4 Å². The van der Waals surface area contributed by atoms with Crippen molar-refractivity contribution in [1.82, 2.24) is 10.2 Å². The third-order valence-electron chi connectivity index (χ3n) is 3.47. The third-order valence-corrected chi connectivity index (χ3v) is 4.19. The molecule has 0 spiro atoms. The van der Waals surface area contributed by atoms with Crippen molar-refractivity contribution < 1.29 is 4.39 Å². The number of piperazine rings is 1. The Bertz CT molecular complexity index is 397. The molecule has 1 aliphatic heterocycles. The van der Waals surface area contributed by atoms with Crippen molar-refractivity contribution in [2.24, 2.45) is 0 Å². The van der Waals surface area contributed by atoms with Gasteiger partial charge in [-0.2, -0.15) is 0 Å². The van der Waals surface area contributed by atoms with E-state index in [0.29, 0.717) is 6.04 Å². The predicted octanol–water partition coefficient (Wildman–Crippen LogP) is 3.76. The highest BCUT2D eigenvalue weighted by Crippen LogP contribution is 2.32. The predicted molar refractivity (Wildman–Crippen MR) is 83.4 cm³/mol. The van der Waals surface area contributed by atoms with Gasteiger partial charge in [-0.05, 0) is 30.2 Å². The number of rotatable bonds is 4. The molecule has 0 bridgehead atoms. The summed E-state index contributed by atoms with van der Waals surface area (Å²) in [6, 6.07) is 5.32. The summed E-state index contributed by atoms with van der Waals surface area (Å²) in [5.41, 5.74) is 1.08. The summed E-state index contributed by atoms with van der Waals surface area (Å²) in [5, 5.41) is 3.36. The molecule has 0 aliphatic carbocycles. The number of hydrogen-bond acceptors (Lipinski definition) is 2. The maximum atomic E-state index is 13.5. The molecule has 1 aromatic carbocycles. The first kappa shape index (κ1) is 16.9. The average molecular weight is 352 g/mol. The minimum atomic E-state index is -0.149. The summed E-state index contributed by atoms with van der Waals surface area (Å²) in [6.07, 6.45) is 2.18. The van der Waals surface area contributed by atoms with Crippen molar-refractivity contribution >= 4 is 28.3 Å². The smallest absolute Gasteiger partial charge is 0.123 e. The minimum Gasteiger partial charge on any atom is -0.314 e. The van der Waals surface area contributed by atoms with E-state index in [1.165, 1.54) is 6.07 Å². The van der Waals surface area contributed by atoms with Crippen molar-refractivity contribution in [3.63, 3.8) is 0 Å². The molecule has 0 saturated carbocycles. The zero-order chi connectivity index (χ0) is 13.0. The van der Waals surface area contributed by atoms with Gasteiger partial charge in [0.05, 0.1) is 0 Å². The Morgan fingerprint density at radius 2 is 2.05 bits per heavy atom. The quantitative estimate of drug-likeness (QED) is 0.888. The topological polar surface area (TPSA) is 15.3 Å². The van der Waals surface area contributed by atoms with Gasteiger partial charge in [-0.1, -0.05) is 29.3 Å². The van der Waals surface area contributed by atoms with Crippen molar-refractivity contribution in [1.29, 1.82) is 0 Å². The van der Waals surface area contributed by atoms with E-state index in [-0.39, 0.29) is 18.2 Å².